The lowest BCUT2D eigenvalue weighted by molar-refractivity contribution is 0.0131. The van der Waals surface area contributed by atoms with Gasteiger partial charge in [0.2, 0.25) is 0 Å². The predicted molar refractivity (Wildman–Crippen MR) is 134 cm³/mol. The van der Waals surface area contributed by atoms with E-state index >= 15 is 0 Å². The van der Waals surface area contributed by atoms with Crippen molar-refractivity contribution in [3.05, 3.63) is 29.8 Å². The summed E-state index contributed by atoms with van der Waals surface area (Å²) in [7, 11) is 3.61. The van der Waals surface area contributed by atoms with Crippen molar-refractivity contribution in [2.75, 3.05) is 60.1 Å². The topological polar surface area (TPSA) is 49.3 Å². The van der Waals surface area contributed by atoms with Gasteiger partial charge in [0.15, 0.2) is 5.96 Å². The van der Waals surface area contributed by atoms with Crippen molar-refractivity contribution in [1.82, 2.24) is 15.1 Å². The second-order valence-corrected chi connectivity index (χ2v) is 8.56. The molecule has 1 N–H and O–H groups in total. The summed E-state index contributed by atoms with van der Waals surface area (Å²) in [5.74, 6) is 3.17. The van der Waals surface area contributed by atoms with Crippen LogP contribution in [0.1, 0.15) is 38.2 Å². The van der Waals surface area contributed by atoms with Crippen LogP contribution in [0.4, 0.5) is 0 Å². The highest BCUT2D eigenvalue weighted by atomic mass is 127. The predicted octanol–water partition coefficient (Wildman–Crippen LogP) is 3.42. The quantitative estimate of drug-likeness (QED) is 0.333. The van der Waals surface area contributed by atoms with Crippen molar-refractivity contribution >= 4 is 29.9 Å². The Bertz CT molecular complexity index is 647. The van der Waals surface area contributed by atoms with Gasteiger partial charge in [0.05, 0.1) is 20.3 Å². The van der Waals surface area contributed by atoms with Crippen LogP contribution in [0.25, 0.3) is 0 Å². The molecule has 2 unspecified atom stereocenters. The van der Waals surface area contributed by atoms with Crippen molar-refractivity contribution in [2.24, 2.45) is 10.9 Å². The number of hydrogen-bond donors (Lipinski definition) is 1. The summed E-state index contributed by atoms with van der Waals surface area (Å²) in [6, 6.07) is 9.03. The SMILES string of the molecule is CN=C(NCC(CC(C)C)N1CCOCC1)N1CCC(c2ccc(OC)cc2)C1.I. The number of likely N-dealkylation sites (tertiary alicyclic amines) is 1. The Hall–Kier alpha value is -1.06. The van der Waals surface area contributed by atoms with Gasteiger partial charge in [-0.3, -0.25) is 9.89 Å². The van der Waals surface area contributed by atoms with Crippen LogP contribution in [0.5, 0.6) is 5.75 Å². The fourth-order valence-corrected chi connectivity index (χ4v) is 4.49. The van der Waals surface area contributed by atoms with Gasteiger partial charge in [-0.25, -0.2) is 0 Å². The van der Waals surface area contributed by atoms with Gasteiger partial charge >= 0.3 is 0 Å². The molecule has 170 valence electrons. The number of aliphatic imine (C=N–C) groups is 1. The van der Waals surface area contributed by atoms with Crippen molar-refractivity contribution in [3.63, 3.8) is 0 Å². The Labute approximate surface area is 199 Å². The number of morpholine rings is 1. The third-order valence-corrected chi connectivity index (χ3v) is 6.09. The summed E-state index contributed by atoms with van der Waals surface area (Å²) >= 11 is 0. The van der Waals surface area contributed by atoms with E-state index in [4.69, 9.17) is 9.47 Å². The fraction of sp³-hybridized carbons (Fsp3) is 0.696. The third kappa shape index (κ3) is 6.99. The Morgan fingerprint density at radius 3 is 2.50 bits per heavy atom. The Morgan fingerprint density at radius 1 is 1.20 bits per heavy atom. The van der Waals surface area contributed by atoms with E-state index in [-0.39, 0.29) is 24.0 Å². The maximum atomic E-state index is 5.55. The van der Waals surface area contributed by atoms with E-state index in [0.29, 0.717) is 17.9 Å². The number of nitrogens with zero attached hydrogens (tertiary/aromatic N) is 3. The van der Waals surface area contributed by atoms with Crippen LogP contribution in [-0.2, 0) is 4.74 Å². The fourth-order valence-electron chi connectivity index (χ4n) is 4.49. The normalized spacial score (nSPS) is 21.4. The first kappa shape index (κ1) is 25.2. The minimum absolute atomic E-state index is 0. The Balaban J connectivity index is 0.00000320. The average molecular weight is 530 g/mol. The van der Waals surface area contributed by atoms with Crippen LogP contribution < -0.4 is 10.1 Å². The number of rotatable bonds is 7. The van der Waals surface area contributed by atoms with Crippen molar-refractivity contribution in [3.8, 4) is 5.75 Å². The summed E-state index contributed by atoms with van der Waals surface area (Å²) in [6.45, 7) is 11.4. The summed E-state index contributed by atoms with van der Waals surface area (Å²) < 4.78 is 10.8. The lowest BCUT2D eigenvalue weighted by Gasteiger charge is -2.36. The van der Waals surface area contributed by atoms with E-state index in [2.05, 4.69) is 58.2 Å². The molecule has 3 rings (SSSR count). The molecule has 0 spiro atoms. The molecule has 0 amide bonds. The molecule has 2 fully saturated rings. The maximum Gasteiger partial charge on any atom is 0.193 e. The zero-order valence-electron chi connectivity index (χ0n) is 19.0. The highest BCUT2D eigenvalue weighted by molar-refractivity contribution is 14.0. The molecule has 0 bridgehead atoms. The Morgan fingerprint density at radius 2 is 1.90 bits per heavy atom. The van der Waals surface area contributed by atoms with E-state index < -0.39 is 0 Å². The minimum atomic E-state index is 0. The van der Waals surface area contributed by atoms with Gasteiger partial charge in [-0.2, -0.15) is 0 Å². The average Bonchev–Trinajstić information content (AvgIpc) is 3.24. The molecule has 0 saturated carbocycles. The van der Waals surface area contributed by atoms with Crippen LogP contribution in [-0.4, -0.2) is 81.9 Å². The largest absolute Gasteiger partial charge is 0.497 e. The van der Waals surface area contributed by atoms with Crippen LogP contribution in [0.15, 0.2) is 29.3 Å². The van der Waals surface area contributed by atoms with Crippen LogP contribution in [0.3, 0.4) is 0 Å². The molecular weight excluding hydrogens is 491 g/mol. The molecule has 0 radical (unpaired) electrons. The third-order valence-electron chi connectivity index (χ3n) is 6.09. The van der Waals surface area contributed by atoms with E-state index in [1.165, 1.54) is 12.0 Å². The van der Waals surface area contributed by atoms with Crippen molar-refractivity contribution in [2.45, 2.75) is 38.6 Å². The van der Waals surface area contributed by atoms with E-state index in [1.54, 1.807) is 7.11 Å². The van der Waals surface area contributed by atoms with Crippen LogP contribution >= 0.6 is 24.0 Å². The second kappa shape index (κ2) is 12.7. The summed E-state index contributed by atoms with van der Waals surface area (Å²) in [5, 5.41) is 3.68. The molecule has 0 aromatic heterocycles. The van der Waals surface area contributed by atoms with Gasteiger partial charge in [0, 0.05) is 51.7 Å². The number of guanidine groups is 1. The monoisotopic (exact) mass is 530 g/mol. The summed E-state index contributed by atoms with van der Waals surface area (Å²) in [4.78, 5) is 9.57. The molecule has 2 aliphatic heterocycles. The molecule has 6 nitrogen and oxygen atoms in total. The number of nitrogens with one attached hydrogen (secondary N) is 1. The first-order chi connectivity index (χ1) is 14.1. The number of hydrogen-bond acceptors (Lipinski definition) is 4. The first-order valence-electron chi connectivity index (χ1n) is 11.0. The Kier molecular flexibility index (Phi) is 10.7. The molecular formula is C23H39IN4O2. The first-order valence-corrected chi connectivity index (χ1v) is 11.0. The minimum Gasteiger partial charge on any atom is -0.497 e. The number of benzene rings is 1. The van der Waals surface area contributed by atoms with E-state index in [0.717, 1.165) is 64.1 Å². The molecule has 7 heteroatoms. The number of ether oxygens (including phenoxy) is 2. The van der Waals surface area contributed by atoms with Gasteiger partial charge in [0.1, 0.15) is 5.75 Å². The number of halogens is 1. The second-order valence-electron chi connectivity index (χ2n) is 8.56. The zero-order chi connectivity index (χ0) is 20.6. The van der Waals surface area contributed by atoms with Gasteiger partial charge in [-0.05, 0) is 36.5 Å². The smallest absolute Gasteiger partial charge is 0.193 e. The molecule has 2 aliphatic rings. The molecule has 2 atom stereocenters. The lowest BCUT2D eigenvalue weighted by atomic mass is 9.98. The van der Waals surface area contributed by atoms with Crippen molar-refractivity contribution < 1.29 is 9.47 Å². The highest BCUT2D eigenvalue weighted by Crippen LogP contribution is 2.28. The van der Waals surface area contributed by atoms with E-state index in [9.17, 15) is 0 Å². The lowest BCUT2D eigenvalue weighted by Crippen LogP contribution is -2.51. The van der Waals surface area contributed by atoms with Gasteiger partial charge in [-0.15, -0.1) is 24.0 Å². The number of methoxy groups -OCH3 is 1. The molecule has 2 saturated heterocycles. The van der Waals surface area contributed by atoms with Crippen molar-refractivity contribution in [1.29, 1.82) is 0 Å². The van der Waals surface area contributed by atoms with Gasteiger partial charge in [-0.1, -0.05) is 26.0 Å². The molecule has 2 heterocycles. The molecule has 0 aliphatic carbocycles. The standard InChI is InChI=1S/C23H38N4O2.HI/c1-18(2)15-21(26-11-13-29-14-12-26)16-25-23(24-3)27-10-9-20(17-27)19-5-7-22(28-4)8-6-19;/h5-8,18,20-21H,9-17H2,1-4H3,(H,24,25);1H. The maximum absolute atomic E-state index is 5.55. The molecule has 1 aromatic carbocycles. The van der Waals surface area contributed by atoms with Gasteiger partial charge in [0.25, 0.3) is 0 Å². The van der Waals surface area contributed by atoms with Crippen LogP contribution in [0.2, 0.25) is 0 Å². The highest BCUT2D eigenvalue weighted by Gasteiger charge is 2.27. The van der Waals surface area contributed by atoms with Gasteiger partial charge < -0.3 is 19.7 Å². The molecule has 1 aromatic rings. The van der Waals surface area contributed by atoms with E-state index in [1.807, 2.05) is 7.05 Å². The zero-order valence-corrected chi connectivity index (χ0v) is 21.3. The summed E-state index contributed by atoms with van der Waals surface area (Å²) in [6.07, 6.45) is 2.35. The van der Waals surface area contributed by atoms with Crippen LogP contribution in [0, 0.1) is 5.92 Å². The molecule has 30 heavy (non-hydrogen) atoms. The summed E-state index contributed by atoms with van der Waals surface area (Å²) in [5.41, 5.74) is 1.38.